The molecule has 5 nitrogen and oxygen atoms in total. The van der Waals surface area contributed by atoms with E-state index in [0.717, 1.165) is 42.5 Å². The average molecular weight is 352 g/mol. The van der Waals surface area contributed by atoms with Crippen LogP contribution in [0.15, 0.2) is 23.1 Å². The highest BCUT2D eigenvalue weighted by Crippen LogP contribution is 2.36. The predicted octanol–water partition coefficient (Wildman–Crippen LogP) is 2.84. The fourth-order valence-electron chi connectivity index (χ4n) is 2.85. The van der Waals surface area contributed by atoms with E-state index in [-0.39, 0.29) is 17.2 Å². The van der Waals surface area contributed by atoms with Crippen LogP contribution in [0.2, 0.25) is 5.02 Å². The zero-order valence-electron chi connectivity index (χ0n) is 12.7. The van der Waals surface area contributed by atoms with Crippen LogP contribution in [0.5, 0.6) is 0 Å². The number of carbonyl (C=O) groups excluding carboxylic acids is 2. The Morgan fingerprint density at radius 1 is 1.43 bits per heavy atom. The number of para-hydroxylation sites is 1. The van der Waals surface area contributed by atoms with Crippen LogP contribution in [0.4, 0.5) is 10.5 Å². The maximum atomic E-state index is 11.8. The molecule has 1 aromatic carbocycles. The van der Waals surface area contributed by atoms with Crippen molar-refractivity contribution < 1.29 is 9.59 Å². The lowest BCUT2D eigenvalue weighted by Crippen LogP contribution is -2.47. The number of halogens is 1. The summed E-state index contributed by atoms with van der Waals surface area (Å²) in [4.78, 5) is 25.6. The highest BCUT2D eigenvalue weighted by molar-refractivity contribution is 8.18. The molecule has 23 heavy (non-hydrogen) atoms. The van der Waals surface area contributed by atoms with E-state index < -0.39 is 0 Å². The number of anilines is 1. The SMILES string of the molecule is CC1CCN(c2c(Cl)cccc2/C=C2/SC(=O)NC2=O)CC1N. The summed E-state index contributed by atoms with van der Waals surface area (Å²) < 4.78 is 0. The molecule has 1 aromatic rings. The van der Waals surface area contributed by atoms with Crippen molar-refractivity contribution >= 4 is 46.3 Å². The number of carbonyl (C=O) groups is 2. The number of amides is 2. The van der Waals surface area contributed by atoms with Crippen LogP contribution < -0.4 is 16.0 Å². The third-order valence-corrected chi connectivity index (χ3v) is 5.39. The molecule has 2 unspecified atom stereocenters. The lowest BCUT2D eigenvalue weighted by Gasteiger charge is -2.37. The fraction of sp³-hybridized carbons (Fsp3) is 0.375. The van der Waals surface area contributed by atoms with Crippen molar-refractivity contribution in [3.8, 4) is 0 Å². The molecule has 0 aromatic heterocycles. The summed E-state index contributed by atoms with van der Waals surface area (Å²) in [5.74, 6) is 0.110. The zero-order valence-corrected chi connectivity index (χ0v) is 14.3. The lowest BCUT2D eigenvalue weighted by molar-refractivity contribution is -0.115. The van der Waals surface area contributed by atoms with Crippen LogP contribution in [0.3, 0.4) is 0 Å². The first-order chi connectivity index (χ1) is 11.0. The molecule has 3 N–H and O–H groups in total. The van der Waals surface area contributed by atoms with Gasteiger partial charge in [0, 0.05) is 24.7 Å². The molecule has 122 valence electrons. The van der Waals surface area contributed by atoms with Gasteiger partial charge in [-0.1, -0.05) is 30.7 Å². The summed E-state index contributed by atoms with van der Waals surface area (Å²) in [6.07, 6.45) is 2.71. The Hall–Kier alpha value is -1.50. The van der Waals surface area contributed by atoms with Gasteiger partial charge in [-0.2, -0.15) is 0 Å². The van der Waals surface area contributed by atoms with Crippen molar-refractivity contribution in [2.24, 2.45) is 11.7 Å². The molecule has 3 rings (SSSR count). The Kier molecular flexibility index (Phi) is 4.66. The number of imide groups is 1. The molecule has 0 spiro atoms. The molecule has 0 saturated carbocycles. The first-order valence-corrected chi connectivity index (χ1v) is 8.69. The monoisotopic (exact) mass is 351 g/mol. The normalized spacial score (nSPS) is 26.7. The maximum Gasteiger partial charge on any atom is 0.290 e. The van der Waals surface area contributed by atoms with E-state index in [9.17, 15) is 9.59 Å². The average Bonchev–Trinajstić information content (AvgIpc) is 2.80. The highest BCUT2D eigenvalue weighted by atomic mass is 35.5. The van der Waals surface area contributed by atoms with Crippen LogP contribution >= 0.6 is 23.4 Å². The fourth-order valence-corrected chi connectivity index (χ4v) is 3.82. The molecule has 0 radical (unpaired) electrons. The molecule has 2 fully saturated rings. The second kappa shape index (κ2) is 6.55. The Morgan fingerprint density at radius 3 is 2.87 bits per heavy atom. The molecule has 7 heteroatoms. The molecule has 0 aliphatic carbocycles. The minimum atomic E-state index is -0.366. The lowest BCUT2D eigenvalue weighted by atomic mass is 9.93. The second-order valence-corrected chi connectivity index (χ2v) is 7.33. The summed E-state index contributed by atoms with van der Waals surface area (Å²) in [5, 5.41) is 2.54. The topological polar surface area (TPSA) is 75.4 Å². The van der Waals surface area contributed by atoms with Gasteiger partial charge in [0.2, 0.25) is 0 Å². The largest absolute Gasteiger partial charge is 0.368 e. The van der Waals surface area contributed by atoms with E-state index in [1.807, 2.05) is 18.2 Å². The summed E-state index contributed by atoms with van der Waals surface area (Å²) in [5.41, 5.74) is 7.89. The molecular weight excluding hydrogens is 334 g/mol. The number of rotatable bonds is 2. The summed E-state index contributed by atoms with van der Waals surface area (Å²) in [7, 11) is 0. The smallest absolute Gasteiger partial charge is 0.290 e. The summed E-state index contributed by atoms with van der Waals surface area (Å²) in [6.45, 7) is 3.75. The second-order valence-electron chi connectivity index (χ2n) is 5.91. The zero-order chi connectivity index (χ0) is 16.6. The minimum Gasteiger partial charge on any atom is -0.368 e. The number of nitrogens with one attached hydrogen (secondary N) is 1. The number of piperidine rings is 1. The van der Waals surface area contributed by atoms with Gasteiger partial charge < -0.3 is 10.6 Å². The molecule has 0 bridgehead atoms. The highest BCUT2D eigenvalue weighted by Gasteiger charge is 2.28. The first kappa shape index (κ1) is 16.4. The minimum absolute atomic E-state index is 0.0891. The Bertz CT molecular complexity index is 692. The van der Waals surface area contributed by atoms with Crippen molar-refractivity contribution in [1.29, 1.82) is 0 Å². The van der Waals surface area contributed by atoms with Gasteiger partial charge in [0.05, 0.1) is 15.6 Å². The van der Waals surface area contributed by atoms with Gasteiger partial charge in [-0.25, -0.2) is 0 Å². The molecule has 2 saturated heterocycles. The number of nitrogens with two attached hydrogens (primary N) is 1. The van der Waals surface area contributed by atoms with Crippen LogP contribution in [0.25, 0.3) is 6.08 Å². The molecule has 2 aliphatic rings. The van der Waals surface area contributed by atoms with Crippen LogP contribution in [-0.4, -0.2) is 30.3 Å². The van der Waals surface area contributed by atoms with Crippen molar-refractivity contribution in [3.05, 3.63) is 33.7 Å². The maximum absolute atomic E-state index is 11.8. The van der Waals surface area contributed by atoms with Gasteiger partial charge in [0.1, 0.15) is 0 Å². The Labute approximate surface area is 144 Å². The van der Waals surface area contributed by atoms with E-state index in [1.165, 1.54) is 0 Å². The standard InChI is InChI=1S/C16H18ClN3O2S/c1-9-5-6-20(8-12(9)18)14-10(3-2-4-11(14)17)7-13-15(21)19-16(22)23-13/h2-4,7,9,12H,5-6,8,18H2,1H3,(H,19,21,22)/b13-7+. The Morgan fingerprint density at radius 2 is 2.22 bits per heavy atom. The predicted molar refractivity (Wildman–Crippen MR) is 94.5 cm³/mol. The van der Waals surface area contributed by atoms with Gasteiger partial charge in [-0.05, 0) is 36.2 Å². The quantitative estimate of drug-likeness (QED) is 0.801. The van der Waals surface area contributed by atoms with Crippen LogP contribution in [0.1, 0.15) is 18.9 Å². The van der Waals surface area contributed by atoms with Gasteiger partial charge in [0.25, 0.3) is 11.1 Å². The van der Waals surface area contributed by atoms with E-state index in [4.69, 9.17) is 17.3 Å². The van der Waals surface area contributed by atoms with Crippen molar-refractivity contribution in [2.75, 3.05) is 18.0 Å². The Balaban J connectivity index is 1.96. The number of benzene rings is 1. The molecule has 2 atom stereocenters. The summed E-state index contributed by atoms with van der Waals surface area (Å²) in [6, 6.07) is 5.65. The van der Waals surface area contributed by atoms with Gasteiger partial charge in [-0.3, -0.25) is 14.9 Å². The number of thioether (sulfide) groups is 1. The number of hydrogen-bond donors (Lipinski definition) is 2. The molecular formula is C16H18ClN3O2S. The first-order valence-electron chi connectivity index (χ1n) is 7.49. The number of hydrogen-bond acceptors (Lipinski definition) is 5. The van der Waals surface area contributed by atoms with Crippen LogP contribution in [-0.2, 0) is 4.79 Å². The van der Waals surface area contributed by atoms with Gasteiger partial charge in [0.15, 0.2) is 0 Å². The molecule has 2 heterocycles. The van der Waals surface area contributed by atoms with Gasteiger partial charge >= 0.3 is 0 Å². The van der Waals surface area contributed by atoms with E-state index in [2.05, 4.69) is 17.1 Å². The van der Waals surface area contributed by atoms with E-state index in [1.54, 1.807) is 6.08 Å². The van der Waals surface area contributed by atoms with Gasteiger partial charge in [-0.15, -0.1) is 0 Å². The third-order valence-electron chi connectivity index (χ3n) is 4.28. The van der Waals surface area contributed by atoms with Crippen molar-refractivity contribution in [2.45, 2.75) is 19.4 Å². The third kappa shape index (κ3) is 3.39. The van der Waals surface area contributed by atoms with E-state index >= 15 is 0 Å². The van der Waals surface area contributed by atoms with Crippen LogP contribution in [0, 0.1) is 5.92 Å². The summed E-state index contributed by atoms with van der Waals surface area (Å²) >= 11 is 7.32. The van der Waals surface area contributed by atoms with Crippen molar-refractivity contribution in [1.82, 2.24) is 5.32 Å². The van der Waals surface area contributed by atoms with E-state index in [0.29, 0.717) is 15.8 Å². The van der Waals surface area contributed by atoms with Crippen molar-refractivity contribution in [3.63, 3.8) is 0 Å². The molecule has 2 amide bonds. The molecule has 2 aliphatic heterocycles. The number of nitrogens with zero attached hydrogens (tertiary/aromatic N) is 1.